The van der Waals surface area contributed by atoms with E-state index >= 15 is 0 Å². The van der Waals surface area contributed by atoms with Crippen LogP contribution in [0.1, 0.15) is 63.1 Å². The van der Waals surface area contributed by atoms with Crippen LogP contribution in [-0.4, -0.2) is 83.3 Å². The van der Waals surface area contributed by atoms with E-state index in [1.165, 1.54) is 19.3 Å². The average Bonchev–Trinajstić information content (AvgIpc) is 3.50. The van der Waals surface area contributed by atoms with E-state index in [1.807, 2.05) is 11.0 Å². The summed E-state index contributed by atoms with van der Waals surface area (Å²) in [5.74, 6) is 0.957. The minimum Gasteiger partial charge on any atom is -0.385 e. The lowest BCUT2D eigenvalue weighted by atomic mass is 9.94. The van der Waals surface area contributed by atoms with Crippen molar-refractivity contribution >= 4 is 23.0 Å². The van der Waals surface area contributed by atoms with Gasteiger partial charge in [0.25, 0.3) is 0 Å². The molecule has 0 unspecified atom stereocenters. The van der Waals surface area contributed by atoms with E-state index in [2.05, 4.69) is 28.1 Å². The third-order valence-electron chi connectivity index (χ3n) is 8.41. The summed E-state index contributed by atoms with van der Waals surface area (Å²) >= 11 is 0. The van der Waals surface area contributed by atoms with Gasteiger partial charge in [0.05, 0.1) is 17.0 Å². The predicted octanol–water partition coefficient (Wildman–Crippen LogP) is 3.08. The molecule has 2 saturated heterocycles. The maximum atomic E-state index is 13.7. The number of carbonyl (C=O) groups is 2. The van der Waals surface area contributed by atoms with Gasteiger partial charge in [0.1, 0.15) is 5.82 Å². The first-order chi connectivity index (χ1) is 18.0. The molecule has 3 aliphatic rings. The van der Waals surface area contributed by atoms with Crippen molar-refractivity contribution in [2.75, 3.05) is 39.9 Å². The summed E-state index contributed by atoms with van der Waals surface area (Å²) in [5.41, 5.74) is 8.57. The topological polar surface area (TPSA) is 106 Å². The molecule has 3 fully saturated rings. The van der Waals surface area contributed by atoms with Gasteiger partial charge in [-0.2, -0.15) is 0 Å². The number of nitrogens with one attached hydrogen (secondary N) is 1. The Hall–Kier alpha value is -2.65. The number of hydrogen-bond donors (Lipinski definition) is 2. The van der Waals surface area contributed by atoms with Crippen LogP contribution < -0.4 is 11.1 Å². The summed E-state index contributed by atoms with van der Waals surface area (Å²) in [6.45, 7) is 3.75. The molecule has 3 heterocycles. The van der Waals surface area contributed by atoms with Gasteiger partial charge in [-0.25, -0.2) is 9.78 Å². The molecule has 3 atom stereocenters. The number of nitrogens with zero attached hydrogens (tertiary/aromatic N) is 4. The monoisotopic (exact) mass is 510 g/mol. The van der Waals surface area contributed by atoms with E-state index in [1.54, 1.807) is 12.0 Å². The third kappa shape index (κ3) is 5.77. The zero-order valence-corrected chi connectivity index (χ0v) is 22.1. The van der Waals surface area contributed by atoms with Crippen molar-refractivity contribution < 1.29 is 14.3 Å². The molecule has 202 valence electrons. The number of fused-ring (bicyclic) bond motifs is 1. The molecular formula is C28H42N6O3. The zero-order chi connectivity index (χ0) is 25.8. The third-order valence-corrected chi connectivity index (χ3v) is 8.41. The van der Waals surface area contributed by atoms with E-state index in [-0.39, 0.29) is 35.9 Å². The number of aromatic nitrogens is 2. The summed E-state index contributed by atoms with van der Waals surface area (Å²) < 4.78 is 7.60. The number of piperidine rings is 1. The van der Waals surface area contributed by atoms with Crippen molar-refractivity contribution in [2.24, 2.45) is 11.7 Å². The maximum absolute atomic E-state index is 13.7. The summed E-state index contributed by atoms with van der Waals surface area (Å²) in [5, 5.41) is 3.18. The number of nitrogens with two attached hydrogens (primary N) is 1. The smallest absolute Gasteiger partial charge is 0.317 e. The van der Waals surface area contributed by atoms with E-state index in [4.69, 9.17) is 15.5 Å². The zero-order valence-electron chi connectivity index (χ0n) is 22.1. The molecule has 0 spiro atoms. The summed E-state index contributed by atoms with van der Waals surface area (Å²) in [7, 11) is 1.73. The van der Waals surface area contributed by atoms with Gasteiger partial charge in [0.15, 0.2) is 0 Å². The van der Waals surface area contributed by atoms with Gasteiger partial charge in [-0.3, -0.25) is 4.79 Å². The summed E-state index contributed by atoms with van der Waals surface area (Å²) in [6.07, 6.45) is 8.52. The fourth-order valence-corrected chi connectivity index (χ4v) is 6.40. The Balaban J connectivity index is 1.25. The van der Waals surface area contributed by atoms with Crippen molar-refractivity contribution in [3.05, 3.63) is 30.1 Å². The Labute approximate surface area is 219 Å². The molecule has 9 heteroatoms. The number of methoxy groups -OCH3 is 1. The number of amides is 3. The molecule has 1 aromatic heterocycles. The minimum atomic E-state index is -0.351. The number of aryl methyl sites for hydroxylation is 1. The Morgan fingerprint density at radius 2 is 1.86 bits per heavy atom. The normalized spacial score (nSPS) is 25.1. The molecule has 1 aromatic carbocycles. The second kappa shape index (κ2) is 11.8. The number of hydrogen-bond acceptors (Lipinski definition) is 5. The van der Waals surface area contributed by atoms with Gasteiger partial charge in [0.2, 0.25) is 5.91 Å². The van der Waals surface area contributed by atoms with Crippen molar-refractivity contribution in [3.63, 3.8) is 0 Å². The molecule has 37 heavy (non-hydrogen) atoms. The van der Waals surface area contributed by atoms with Gasteiger partial charge in [0, 0.05) is 64.4 Å². The number of benzene rings is 1. The van der Waals surface area contributed by atoms with Crippen LogP contribution in [0.3, 0.4) is 0 Å². The highest BCUT2D eigenvalue weighted by molar-refractivity contribution is 5.83. The van der Waals surface area contributed by atoms with Crippen LogP contribution in [0, 0.1) is 5.92 Å². The molecule has 1 aliphatic carbocycles. The lowest BCUT2D eigenvalue weighted by Crippen LogP contribution is -2.47. The van der Waals surface area contributed by atoms with Gasteiger partial charge in [-0.1, -0.05) is 31.4 Å². The van der Waals surface area contributed by atoms with Crippen LogP contribution in [0.5, 0.6) is 0 Å². The van der Waals surface area contributed by atoms with Gasteiger partial charge < -0.3 is 30.2 Å². The van der Waals surface area contributed by atoms with Crippen molar-refractivity contribution in [3.8, 4) is 0 Å². The largest absolute Gasteiger partial charge is 0.385 e. The summed E-state index contributed by atoms with van der Waals surface area (Å²) in [4.78, 5) is 35.3. The number of rotatable bonds is 7. The van der Waals surface area contributed by atoms with E-state index in [0.717, 1.165) is 62.1 Å². The van der Waals surface area contributed by atoms with Crippen molar-refractivity contribution in [1.29, 1.82) is 0 Å². The highest BCUT2D eigenvalue weighted by Crippen LogP contribution is 2.31. The van der Waals surface area contributed by atoms with Crippen LogP contribution in [0.4, 0.5) is 4.79 Å². The summed E-state index contributed by atoms with van der Waals surface area (Å²) in [6, 6.07) is 8.10. The SMILES string of the molecule is COCCCn1c([C@@H]2CCCN(C(=O)[C@@H]3CN(C(=O)NC4CCCCC4)C[C@H]3N)C2)nc2ccccc21. The average molecular weight is 511 g/mol. The number of likely N-dealkylation sites (tertiary alicyclic amines) is 2. The lowest BCUT2D eigenvalue weighted by Gasteiger charge is -2.35. The molecule has 9 nitrogen and oxygen atoms in total. The van der Waals surface area contributed by atoms with Crippen LogP contribution >= 0.6 is 0 Å². The molecule has 2 aromatic rings. The molecule has 1 saturated carbocycles. The number of ether oxygens (including phenoxy) is 1. The molecule has 3 amide bonds. The van der Waals surface area contributed by atoms with Gasteiger partial charge in [-0.15, -0.1) is 0 Å². The number of para-hydroxylation sites is 2. The number of urea groups is 1. The van der Waals surface area contributed by atoms with Crippen molar-refractivity contribution in [2.45, 2.75) is 75.9 Å². The van der Waals surface area contributed by atoms with E-state index < -0.39 is 0 Å². The molecule has 0 radical (unpaired) electrons. The standard InChI is InChI=1S/C28H42N6O3/c1-37-16-8-15-34-25-13-6-5-12-24(25)31-26(34)20-9-7-14-32(17-20)27(35)22-18-33(19-23(22)29)28(36)30-21-10-3-2-4-11-21/h5-6,12-13,20-23H,2-4,7-11,14-19,29H2,1H3,(H,30,36)/t20-,22-,23-/m1/s1. The van der Waals surface area contributed by atoms with E-state index in [0.29, 0.717) is 26.2 Å². The Morgan fingerprint density at radius 3 is 2.68 bits per heavy atom. The van der Waals surface area contributed by atoms with E-state index in [9.17, 15) is 9.59 Å². The second-order valence-corrected chi connectivity index (χ2v) is 11.0. The molecule has 2 aliphatic heterocycles. The Kier molecular flexibility index (Phi) is 8.30. The van der Waals surface area contributed by atoms with Crippen LogP contribution in [0.25, 0.3) is 11.0 Å². The Morgan fingerprint density at radius 1 is 1.05 bits per heavy atom. The first-order valence-electron chi connectivity index (χ1n) is 14.1. The Bertz CT molecular complexity index is 1080. The van der Waals surface area contributed by atoms with Crippen LogP contribution in [-0.2, 0) is 16.1 Å². The van der Waals surface area contributed by atoms with Gasteiger partial charge >= 0.3 is 6.03 Å². The van der Waals surface area contributed by atoms with Crippen molar-refractivity contribution in [1.82, 2.24) is 24.7 Å². The highest BCUT2D eigenvalue weighted by atomic mass is 16.5. The fourth-order valence-electron chi connectivity index (χ4n) is 6.40. The maximum Gasteiger partial charge on any atom is 0.317 e. The predicted molar refractivity (Wildman–Crippen MR) is 143 cm³/mol. The first-order valence-corrected chi connectivity index (χ1v) is 14.1. The van der Waals surface area contributed by atoms with Crippen LogP contribution in [0.2, 0.25) is 0 Å². The first kappa shape index (κ1) is 26.0. The molecule has 5 rings (SSSR count). The number of carbonyl (C=O) groups excluding carboxylic acids is 2. The quantitative estimate of drug-likeness (QED) is 0.557. The molecule has 0 bridgehead atoms. The molecule has 3 N–H and O–H groups in total. The minimum absolute atomic E-state index is 0.0704. The molecular weight excluding hydrogens is 468 g/mol. The van der Waals surface area contributed by atoms with Crippen LogP contribution in [0.15, 0.2) is 24.3 Å². The second-order valence-electron chi connectivity index (χ2n) is 11.0. The lowest BCUT2D eigenvalue weighted by molar-refractivity contribution is -0.136. The van der Waals surface area contributed by atoms with Gasteiger partial charge in [-0.05, 0) is 44.2 Å². The fraction of sp³-hybridized carbons (Fsp3) is 0.679. The number of imidazole rings is 1. The highest BCUT2D eigenvalue weighted by Gasteiger charge is 2.41.